The molecule has 0 N–H and O–H groups in total. The van der Waals surface area contributed by atoms with Gasteiger partial charge < -0.3 is 0 Å². The molecule has 6 heteroatoms. The van der Waals surface area contributed by atoms with Crippen LogP contribution in [0.5, 0.6) is 0 Å². The first kappa shape index (κ1) is 44.1. The third-order valence-electron chi connectivity index (χ3n) is 21.5. The SMILES string of the molecule is C1=CC(C2CCCC2)=C([SiH]2[SiH](C3=C(C4CCCC4)C=CC3)[SiH](C3=C(C4CCCC4)C=CC3)[SiH](C3=C(C4CCCC4)C=CC3)[SiH](C3=C(C4CCCC4)C=CC3)[SiH]2C2=C(C3CCCC3)C=CC2)C1. The molecule has 7 fully saturated rings. The molecule has 0 nitrogen and oxygen atoms in total. The van der Waals surface area contributed by atoms with Gasteiger partial charge in [-0.25, -0.2) is 0 Å². The normalized spacial score (nSPS) is 35.1. The van der Waals surface area contributed by atoms with Gasteiger partial charge in [-0.15, -0.1) is 0 Å². The highest BCUT2D eigenvalue weighted by Gasteiger charge is 2.62. The second-order valence-electron chi connectivity index (χ2n) is 24.6. The molecule has 0 spiro atoms. The van der Waals surface area contributed by atoms with Crippen molar-refractivity contribution in [1.29, 1.82) is 0 Å². The largest absolute Gasteiger partial charge is 0.0825 e. The predicted molar refractivity (Wildman–Crippen MR) is 299 cm³/mol. The van der Waals surface area contributed by atoms with Crippen molar-refractivity contribution >= 4 is 47.0 Å². The quantitative estimate of drug-likeness (QED) is 0.171. The van der Waals surface area contributed by atoms with E-state index in [0.717, 1.165) is 35.5 Å². The Bertz CT molecular complexity index is 1870. The molecule has 66 heavy (non-hydrogen) atoms. The number of allylic oxidation sites excluding steroid dienone is 24. The summed E-state index contributed by atoms with van der Waals surface area (Å²) in [6, 6.07) is 0. The minimum atomic E-state index is -1.38. The summed E-state index contributed by atoms with van der Waals surface area (Å²) < 4.78 is 0. The van der Waals surface area contributed by atoms with Gasteiger partial charge >= 0.3 is 0 Å². The number of rotatable bonds is 12. The zero-order chi connectivity index (χ0) is 43.6. The topological polar surface area (TPSA) is 0 Å². The molecule has 1 heterocycles. The predicted octanol–water partition coefficient (Wildman–Crippen LogP) is 13.7. The summed E-state index contributed by atoms with van der Waals surface area (Å²) in [6.45, 7) is 0. The maximum atomic E-state index is 2.87. The maximum absolute atomic E-state index is 2.87. The van der Waals surface area contributed by atoms with Crippen LogP contribution < -0.4 is 0 Å². The van der Waals surface area contributed by atoms with Crippen molar-refractivity contribution < 1.29 is 0 Å². The van der Waals surface area contributed by atoms with Gasteiger partial charge in [0.1, 0.15) is 0 Å². The zero-order valence-corrected chi connectivity index (χ0v) is 48.0. The fraction of sp³-hybridized carbons (Fsp3) is 0.600. The minimum absolute atomic E-state index is 0.888. The Labute approximate surface area is 410 Å². The molecule has 13 rings (SSSR count). The van der Waals surface area contributed by atoms with Gasteiger partial charge in [0.25, 0.3) is 0 Å². The van der Waals surface area contributed by atoms with Crippen LogP contribution in [0, 0.1) is 35.5 Å². The molecule has 0 aromatic heterocycles. The molecule has 348 valence electrons. The van der Waals surface area contributed by atoms with Gasteiger partial charge in [-0.2, -0.15) is 0 Å². The molecular formula is C60H84Si6. The van der Waals surface area contributed by atoms with E-state index in [1.807, 2.05) is 33.4 Å². The Kier molecular flexibility index (Phi) is 13.0. The fourth-order valence-corrected chi connectivity index (χ4v) is 237. The average Bonchev–Trinajstić information content (AvgIpc) is 4.19. The Morgan fingerprint density at radius 1 is 0.212 bits per heavy atom. The van der Waals surface area contributed by atoms with E-state index in [0.29, 0.717) is 0 Å². The first-order chi connectivity index (χ1) is 32.8. The molecule has 0 radical (unpaired) electrons. The van der Waals surface area contributed by atoms with Crippen molar-refractivity contribution in [3.05, 3.63) is 138 Å². The van der Waals surface area contributed by atoms with Crippen LogP contribution in [0.2, 0.25) is 0 Å². The first-order valence-electron chi connectivity index (χ1n) is 29.2. The van der Waals surface area contributed by atoms with Crippen molar-refractivity contribution in [2.24, 2.45) is 35.5 Å². The molecule has 1 saturated heterocycles. The molecule has 1 aliphatic heterocycles. The van der Waals surface area contributed by atoms with E-state index in [1.165, 1.54) is 193 Å². The molecule has 0 unspecified atom stereocenters. The number of hydrogen-bond donors (Lipinski definition) is 0. The highest BCUT2D eigenvalue weighted by atomic mass is 30.1. The highest BCUT2D eigenvalue weighted by Crippen LogP contribution is 2.53. The molecule has 0 bridgehead atoms. The lowest BCUT2D eigenvalue weighted by molar-refractivity contribution is 0.655. The molecule has 12 aliphatic carbocycles. The van der Waals surface area contributed by atoms with E-state index in [9.17, 15) is 0 Å². The monoisotopic (exact) mass is 973 g/mol. The molecule has 0 atom stereocenters. The van der Waals surface area contributed by atoms with E-state index in [2.05, 4.69) is 104 Å². The van der Waals surface area contributed by atoms with Crippen LogP contribution in [0.3, 0.4) is 0 Å². The molecule has 0 aromatic carbocycles. The summed E-state index contributed by atoms with van der Waals surface area (Å²) in [7, 11) is -8.28. The van der Waals surface area contributed by atoms with Crippen LogP contribution in [0.1, 0.15) is 193 Å². The van der Waals surface area contributed by atoms with Crippen LogP contribution in [-0.4, -0.2) is 47.0 Å². The summed E-state index contributed by atoms with van der Waals surface area (Å²) >= 11 is 0. The van der Waals surface area contributed by atoms with Crippen LogP contribution >= 0.6 is 0 Å². The van der Waals surface area contributed by atoms with Crippen molar-refractivity contribution in [3.8, 4) is 0 Å². The smallest absolute Gasteiger partial charge is 0.0535 e. The average molecular weight is 974 g/mol. The summed E-state index contributed by atoms with van der Waals surface area (Å²) in [5, 5.41) is 13.9. The second-order valence-corrected chi connectivity index (χ2v) is 74.8. The van der Waals surface area contributed by atoms with Gasteiger partial charge in [-0.3, -0.25) is 0 Å². The fourth-order valence-electron chi connectivity index (χ4n) is 18.9. The lowest BCUT2D eigenvalue weighted by Gasteiger charge is -2.54. The van der Waals surface area contributed by atoms with E-state index >= 15 is 0 Å². The van der Waals surface area contributed by atoms with Crippen LogP contribution in [0.25, 0.3) is 0 Å². The summed E-state index contributed by atoms with van der Waals surface area (Å²) in [5.74, 6) is 5.33. The Balaban J connectivity index is 1.14. The van der Waals surface area contributed by atoms with E-state index in [-0.39, 0.29) is 0 Å². The molecule has 0 amide bonds. The molecule has 6 saturated carbocycles. The Morgan fingerprint density at radius 3 is 0.485 bits per heavy atom. The summed E-state index contributed by atoms with van der Waals surface area (Å²) in [5.41, 5.74) is 12.3. The first-order valence-corrected chi connectivity index (χ1v) is 48.6. The van der Waals surface area contributed by atoms with E-state index in [4.69, 9.17) is 0 Å². The standard InChI is InChI=1S/C60H84Si6/c1-2-20-43(19-1)49-31-13-37-55(49)61-62(56-38-14-32-50(56)44-21-3-4-22-44)64(58-40-16-34-52(58)46-25-7-8-26-46)66(60-42-18-36-54(60)48-29-11-12-30-48)65(59-41-17-35-53(59)47-27-9-10-28-47)63(61)57-39-15-33-51(57)45-23-5-6-24-45/h13-18,31-36,43-48,61-66H,1-12,19-30,37-42H2. The molecule has 0 aromatic rings. The van der Waals surface area contributed by atoms with Gasteiger partial charge in [-0.05, 0) is 151 Å². The van der Waals surface area contributed by atoms with Crippen molar-refractivity contribution in [3.63, 3.8) is 0 Å². The highest BCUT2D eigenvalue weighted by molar-refractivity contribution is 8.00. The molecular weight excluding hydrogens is 889 g/mol. The van der Waals surface area contributed by atoms with Gasteiger partial charge in [0, 0.05) is 0 Å². The van der Waals surface area contributed by atoms with Gasteiger partial charge in [-0.1, -0.05) is 215 Å². The Hall–Kier alpha value is -1.82. The van der Waals surface area contributed by atoms with Gasteiger partial charge in [0.2, 0.25) is 0 Å². The summed E-state index contributed by atoms with van der Waals surface area (Å²) in [6.07, 6.45) is 78.5. The van der Waals surface area contributed by atoms with Crippen molar-refractivity contribution in [2.45, 2.75) is 193 Å². The second kappa shape index (κ2) is 19.4. The van der Waals surface area contributed by atoms with Crippen molar-refractivity contribution in [2.75, 3.05) is 0 Å². The van der Waals surface area contributed by atoms with Gasteiger partial charge in [0.05, 0.1) is 47.0 Å². The number of hydrogen-bond acceptors (Lipinski definition) is 0. The van der Waals surface area contributed by atoms with Crippen LogP contribution in [-0.2, 0) is 0 Å². The third kappa shape index (κ3) is 7.85. The minimum Gasteiger partial charge on any atom is -0.0825 e. The van der Waals surface area contributed by atoms with E-state index < -0.39 is 47.0 Å². The lowest BCUT2D eigenvalue weighted by Crippen LogP contribution is -2.80. The Morgan fingerprint density at radius 2 is 0.348 bits per heavy atom. The maximum Gasteiger partial charge on any atom is 0.0535 e. The lowest BCUT2D eigenvalue weighted by atomic mass is 9.99. The van der Waals surface area contributed by atoms with Gasteiger partial charge in [0.15, 0.2) is 0 Å². The third-order valence-corrected chi connectivity index (χ3v) is 132. The molecule has 13 aliphatic rings. The van der Waals surface area contributed by atoms with Crippen LogP contribution in [0.15, 0.2) is 138 Å². The van der Waals surface area contributed by atoms with Crippen LogP contribution in [0.4, 0.5) is 0 Å². The van der Waals surface area contributed by atoms with E-state index in [1.54, 1.807) is 0 Å². The summed E-state index contributed by atoms with van der Waals surface area (Å²) in [4.78, 5) is 0. The zero-order valence-electron chi connectivity index (χ0n) is 41.1. The van der Waals surface area contributed by atoms with Crippen molar-refractivity contribution in [1.82, 2.24) is 0 Å².